The predicted molar refractivity (Wildman–Crippen MR) is 102 cm³/mol. The summed E-state index contributed by atoms with van der Waals surface area (Å²) < 4.78 is 18.7. The molecule has 7 heteroatoms. The van der Waals surface area contributed by atoms with Crippen molar-refractivity contribution in [1.29, 1.82) is 0 Å². The van der Waals surface area contributed by atoms with E-state index < -0.39 is 5.82 Å². The summed E-state index contributed by atoms with van der Waals surface area (Å²) in [6.07, 6.45) is 0. The maximum atomic E-state index is 13.1. The summed E-state index contributed by atoms with van der Waals surface area (Å²) in [4.78, 5) is 12.2. The molecule has 0 spiro atoms. The number of nitrogens with one attached hydrogen (secondary N) is 2. The summed E-state index contributed by atoms with van der Waals surface area (Å²) in [7, 11) is 0. The lowest BCUT2D eigenvalue weighted by molar-refractivity contribution is 0.0977. The van der Waals surface area contributed by atoms with Crippen LogP contribution in [-0.4, -0.2) is 17.6 Å². The number of carbonyl (C=O) groups excluding carboxylic acids is 1. The van der Waals surface area contributed by atoms with Gasteiger partial charge in [0, 0.05) is 11.3 Å². The lowest BCUT2D eigenvalue weighted by Crippen LogP contribution is -2.34. The summed E-state index contributed by atoms with van der Waals surface area (Å²) in [6, 6.07) is 10.8. The van der Waals surface area contributed by atoms with Crippen LogP contribution in [0.4, 0.5) is 10.1 Å². The van der Waals surface area contributed by atoms with Crippen LogP contribution in [0.5, 0.6) is 5.75 Å². The molecule has 0 atom stereocenters. The van der Waals surface area contributed by atoms with Crippen LogP contribution in [0.3, 0.4) is 0 Å². The third-order valence-electron chi connectivity index (χ3n) is 3.10. The van der Waals surface area contributed by atoms with Crippen molar-refractivity contribution in [2.75, 3.05) is 11.9 Å². The predicted octanol–water partition coefficient (Wildman–Crippen LogP) is 4.64. The average Bonchev–Trinajstić information content (AvgIpc) is 2.56. The molecule has 0 unspecified atom stereocenters. The molecular weight excluding hydrogens is 363 g/mol. The maximum absolute atomic E-state index is 13.1. The van der Waals surface area contributed by atoms with Gasteiger partial charge in [0.05, 0.1) is 11.6 Å². The van der Waals surface area contributed by atoms with E-state index >= 15 is 0 Å². The van der Waals surface area contributed by atoms with Gasteiger partial charge in [-0.3, -0.25) is 10.1 Å². The third kappa shape index (κ3) is 5.99. The minimum absolute atomic E-state index is 0.0314. The van der Waals surface area contributed by atoms with Gasteiger partial charge in [0.2, 0.25) is 0 Å². The van der Waals surface area contributed by atoms with E-state index in [0.717, 1.165) is 0 Å². The van der Waals surface area contributed by atoms with Crippen molar-refractivity contribution in [3.05, 3.63) is 58.9 Å². The van der Waals surface area contributed by atoms with Crippen LogP contribution < -0.4 is 15.4 Å². The van der Waals surface area contributed by atoms with E-state index in [4.69, 9.17) is 28.6 Å². The number of benzene rings is 2. The molecule has 0 fully saturated rings. The SMILES string of the molecule is CC(C)COc1ccc(C(=O)NC(=S)Nc2ccc(F)c(Cl)c2)cc1. The van der Waals surface area contributed by atoms with E-state index in [1.54, 1.807) is 24.3 Å². The van der Waals surface area contributed by atoms with Crippen LogP contribution in [0.15, 0.2) is 42.5 Å². The van der Waals surface area contributed by atoms with Crippen molar-refractivity contribution in [3.8, 4) is 5.75 Å². The lowest BCUT2D eigenvalue weighted by atomic mass is 10.2. The molecule has 2 aromatic rings. The Hall–Kier alpha value is -2.18. The van der Waals surface area contributed by atoms with Gasteiger partial charge in [-0.25, -0.2) is 4.39 Å². The Labute approximate surface area is 156 Å². The number of carbonyl (C=O) groups is 1. The lowest BCUT2D eigenvalue weighted by Gasteiger charge is -2.11. The molecule has 0 heterocycles. The number of anilines is 1. The summed E-state index contributed by atoms with van der Waals surface area (Å²) in [5.41, 5.74) is 0.923. The van der Waals surface area contributed by atoms with Gasteiger partial charge in [-0.1, -0.05) is 25.4 Å². The fraction of sp³-hybridized carbons (Fsp3) is 0.222. The Kier molecular flexibility index (Phi) is 6.73. The summed E-state index contributed by atoms with van der Waals surface area (Å²) in [5, 5.41) is 5.39. The monoisotopic (exact) mass is 380 g/mol. The van der Waals surface area contributed by atoms with E-state index in [0.29, 0.717) is 29.5 Å². The molecule has 0 bridgehead atoms. The zero-order valence-corrected chi connectivity index (χ0v) is 15.4. The molecule has 4 nitrogen and oxygen atoms in total. The topological polar surface area (TPSA) is 50.4 Å². The van der Waals surface area contributed by atoms with Crippen LogP contribution >= 0.6 is 23.8 Å². The van der Waals surface area contributed by atoms with Gasteiger partial charge in [0.1, 0.15) is 11.6 Å². The van der Waals surface area contributed by atoms with Gasteiger partial charge in [-0.15, -0.1) is 0 Å². The molecule has 0 aromatic heterocycles. The Balaban J connectivity index is 1.92. The molecule has 132 valence electrons. The van der Waals surface area contributed by atoms with E-state index in [2.05, 4.69) is 24.5 Å². The number of halogens is 2. The highest BCUT2D eigenvalue weighted by Crippen LogP contribution is 2.19. The molecule has 2 aromatic carbocycles. The zero-order chi connectivity index (χ0) is 18.4. The number of thiocarbonyl (C=S) groups is 1. The average molecular weight is 381 g/mol. The zero-order valence-electron chi connectivity index (χ0n) is 13.8. The van der Waals surface area contributed by atoms with E-state index in [9.17, 15) is 9.18 Å². The number of amides is 1. The third-order valence-corrected chi connectivity index (χ3v) is 3.60. The molecule has 2 N–H and O–H groups in total. The van der Waals surface area contributed by atoms with Gasteiger partial charge in [0.15, 0.2) is 5.11 Å². The Morgan fingerprint density at radius 3 is 2.52 bits per heavy atom. The van der Waals surface area contributed by atoms with Gasteiger partial charge in [0.25, 0.3) is 5.91 Å². The first-order valence-electron chi connectivity index (χ1n) is 7.65. The van der Waals surface area contributed by atoms with Gasteiger partial charge < -0.3 is 10.1 Å². The molecule has 0 saturated heterocycles. The second-order valence-electron chi connectivity index (χ2n) is 5.77. The second-order valence-corrected chi connectivity index (χ2v) is 6.58. The van der Waals surface area contributed by atoms with Crippen LogP contribution in [-0.2, 0) is 0 Å². The highest BCUT2D eigenvalue weighted by atomic mass is 35.5. The quantitative estimate of drug-likeness (QED) is 0.742. The molecule has 25 heavy (non-hydrogen) atoms. The first-order chi connectivity index (χ1) is 11.8. The smallest absolute Gasteiger partial charge is 0.257 e. The molecular formula is C18H18ClFN2O2S. The van der Waals surface area contributed by atoms with Crippen LogP contribution in [0.25, 0.3) is 0 Å². The largest absolute Gasteiger partial charge is 0.493 e. The molecule has 0 radical (unpaired) electrons. The summed E-state index contributed by atoms with van der Waals surface area (Å²) in [6.45, 7) is 4.73. The number of rotatable bonds is 5. The standard InChI is InChI=1S/C18H18ClFN2O2S/c1-11(2)10-24-14-6-3-12(4-7-14)17(23)22-18(25)21-13-5-8-16(20)15(19)9-13/h3-9,11H,10H2,1-2H3,(H2,21,22,23,25). The summed E-state index contributed by atoms with van der Waals surface area (Å²) >= 11 is 10.8. The Morgan fingerprint density at radius 1 is 1.24 bits per heavy atom. The minimum atomic E-state index is -0.526. The van der Waals surface area contributed by atoms with Gasteiger partial charge in [-0.05, 0) is 60.6 Å². The maximum Gasteiger partial charge on any atom is 0.257 e. The molecule has 0 aliphatic heterocycles. The van der Waals surface area contributed by atoms with Crippen LogP contribution in [0.1, 0.15) is 24.2 Å². The van der Waals surface area contributed by atoms with E-state index in [-0.39, 0.29) is 16.0 Å². The fourth-order valence-electron chi connectivity index (χ4n) is 1.88. The molecule has 0 saturated carbocycles. The minimum Gasteiger partial charge on any atom is -0.493 e. The van der Waals surface area contributed by atoms with E-state index in [1.807, 2.05) is 0 Å². The molecule has 0 aliphatic rings. The second kappa shape index (κ2) is 8.78. The number of hydrogen-bond acceptors (Lipinski definition) is 3. The molecule has 0 aliphatic carbocycles. The molecule has 1 amide bonds. The highest BCUT2D eigenvalue weighted by molar-refractivity contribution is 7.80. The Bertz CT molecular complexity index is 766. The number of ether oxygens (including phenoxy) is 1. The molecule has 2 rings (SSSR count). The van der Waals surface area contributed by atoms with Crippen molar-refractivity contribution in [3.63, 3.8) is 0 Å². The first-order valence-corrected chi connectivity index (χ1v) is 8.44. The fourth-order valence-corrected chi connectivity index (χ4v) is 2.27. The van der Waals surface area contributed by atoms with Crippen molar-refractivity contribution < 1.29 is 13.9 Å². The highest BCUT2D eigenvalue weighted by Gasteiger charge is 2.09. The van der Waals surface area contributed by atoms with Crippen molar-refractivity contribution in [2.24, 2.45) is 5.92 Å². The van der Waals surface area contributed by atoms with Crippen LogP contribution in [0, 0.1) is 11.7 Å². The Morgan fingerprint density at radius 2 is 1.92 bits per heavy atom. The van der Waals surface area contributed by atoms with Gasteiger partial charge >= 0.3 is 0 Å². The first kappa shape index (κ1) is 19.1. The van der Waals surface area contributed by atoms with Crippen LogP contribution in [0.2, 0.25) is 5.02 Å². The number of hydrogen-bond donors (Lipinski definition) is 2. The van der Waals surface area contributed by atoms with Crippen molar-refractivity contribution >= 4 is 40.5 Å². The van der Waals surface area contributed by atoms with E-state index in [1.165, 1.54) is 18.2 Å². The normalized spacial score (nSPS) is 10.4. The van der Waals surface area contributed by atoms with Gasteiger partial charge in [-0.2, -0.15) is 0 Å². The van der Waals surface area contributed by atoms with Crippen molar-refractivity contribution in [2.45, 2.75) is 13.8 Å². The van der Waals surface area contributed by atoms with Crippen molar-refractivity contribution in [1.82, 2.24) is 5.32 Å². The summed E-state index contributed by atoms with van der Waals surface area (Å²) in [5.74, 6) is 0.237.